The summed E-state index contributed by atoms with van der Waals surface area (Å²) in [5, 5.41) is 6.60. The summed E-state index contributed by atoms with van der Waals surface area (Å²) in [6, 6.07) is 24.5. The maximum absolute atomic E-state index is 12.3. The number of hydrogen-bond donors (Lipinski definition) is 2. The van der Waals surface area contributed by atoms with E-state index in [4.69, 9.17) is 27.6 Å². The van der Waals surface area contributed by atoms with Crippen LogP contribution in [-0.2, 0) is 4.79 Å². The molecule has 164 valence electrons. The Morgan fingerprint density at radius 1 is 0.758 bits per heavy atom. The molecule has 0 aliphatic carbocycles. The van der Waals surface area contributed by atoms with Crippen molar-refractivity contribution in [1.29, 1.82) is 0 Å². The fourth-order valence-corrected chi connectivity index (χ4v) is 3.59. The summed E-state index contributed by atoms with van der Waals surface area (Å²) >= 11 is 12.1. The molecule has 1 heterocycles. The number of hydrogen-bond acceptors (Lipinski definition) is 3. The normalized spacial score (nSPS) is 10.8. The van der Waals surface area contributed by atoms with Crippen molar-refractivity contribution in [3.63, 3.8) is 0 Å². The summed E-state index contributed by atoms with van der Waals surface area (Å²) in [5.41, 5.74) is 2.54. The third kappa shape index (κ3) is 6.13. The molecule has 0 fully saturated rings. The molecule has 0 saturated carbocycles. The number of carbonyl (C=O) groups is 2. The molecule has 5 nitrogen and oxygen atoms in total. The monoisotopic (exact) mass is 476 g/mol. The quantitative estimate of drug-likeness (QED) is 0.290. The number of amides is 2. The molecule has 0 atom stereocenters. The number of rotatable bonds is 6. The van der Waals surface area contributed by atoms with E-state index < -0.39 is 0 Å². The Morgan fingerprint density at radius 3 is 2.06 bits per heavy atom. The molecule has 0 radical (unpaired) electrons. The van der Waals surface area contributed by atoms with Crippen LogP contribution in [0.3, 0.4) is 0 Å². The van der Waals surface area contributed by atoms with Crippen LogP contribution >= 0.6 is 23.2 Å². The van der Waals surface area contributed by atoms with Gasteiger partial charge in [0.1, 0.15) is 11.5 Å². The Balaban J connectivity index is 1.34. The summed E-state index contributed by atoms with van der Waals surface area (Å²) in [7, 11) is 0. The zero-order valence-electron chi connectivity index (χ0n) is 17.2. The van der Waals surface area contributed by atoms with Gasteiger partial charge in [0.2, 0.25) is 5.91 Å². The Hall–Kier alpha value is -3.80. The van der Waals surface area contributed by atoms with Crippen LogP contribution in [0.1, 0.15) is 16.1 Å². The number of halogens is 2. The van der Waals surface area contributed by atoms with Crippen molar-refractivity contribution in [2.45, 2.75) is 0 Å². The van der Waals surface area contributed by atoms with Crippen LogP contribution in [0.15, 0.2) is 95.4 Å². The fraction of sp³-hybridized carbons (Fsp3) is 0. The van der Waals surface area contributed by atoms with Crippen LogP contribution in [0.25, 0.3) is 17.4 Å². The van der Waals surface area contributed by atoms with Crippen molar-refractivity contribution in [1.82, 2.24) is 0 Å². The highest BCUT2D eigenvalue weighted by atomic mass is 35.5. The molecular weight excluding hydrogens is 459 g/mol. The predicted molar refractivity (Wildman–Crippen MR) is 133 cm³/mol. The van der Waals surface area contributed by atoms with Gasteiger partial charge in [-0.2, -0.15) is 0 Å². The largest absolute Gasteiger partial charge is 0.457 e. The Bertz CT molecular complexity index is 1290. The van der Waals surface area contributed by atoms with Gasteiger partial charge in [0.15, 0.2) is 0 Å². The van der Waals surface area contributed by atoms with Crippen molar-refractivity contribution in [3.05, 3.63) is 112 Å². The fourth-order valence-electron chi connectivity index (χ4n) is 3.07. The van der Waals surface area contributed by atoms with E-state index >= 15 is 0 Å². The first-order valence-corrected chi connectivity index (χ1v) is 10.7. The average molecular weight is 477 g/mol. The van der Waals surface area contributed by atoms with Gasteiger partial charge in [-0.25, -0.2) is 0 Å². The first-order chi connectivity index (χ1) is 16.0. The highest BCUT2D eigenvalue weighted by molar-refractivity contribution is 6.35. The van der Waals surface area contributed by atoms with Crippen LogP contribution < -0.4 is 10.6 Å². The molecule has 4 rings (SSSR count). The minimum Gasteiger partial charge on any atom is -0.457 e. The van der Waals surface area contributed by atoms with E-state index in [1.807, 2.05) is 6.07 Å². The van der Waals surface area contributed by atoms with Gasteiger partial charge in [-0.15, -0.1) is 0 Å². The molecule has 1 aromatic heterocycles. The van der Waals surface area contributed by atoms with Gasteiger partial charge in [0.05, 0.1) is 0 Å². The molecule has 4 aromatic rings. The van der Waals surface area contributed by atoms with Gasteiger partial charge >= 0.3 is 0 Å². The third-order valence-electron chi connectivity index (χ3n) is 4.62. The zero-order valence-corrected chi connectivity index (χ0v) is 18.7. The second kappa shape index (κ2) is 10.2. The Morgan fingerprint density at radius 2 is 1.39 bits per heavy atom. The van der Waals surface area contributed by atoms with E-state index in [0.29, 0.717) is 38.5 Å². The Labute approximate surface area is 200 Å². The van der Waals surface area contributed by atoms with Crippen LogP contribution in [0, 0.1) is 0 Å². The second-order valence-corrected chi connectivity index (χ2v) is 7.95. The van der Waals surface area contributed by atoms with Crippen molar-refractivity contribution in [2.24, 2.45) is 0 Å². The average Bonchev–Trinajstić information content (AvgIpc) is 3.28. The summed E-state index contributed by atoms with van der Waals surface area (Å²) < 4.78 is 5.75. The lowest BCUT2D eigenvalue weighted by molar-refractivity contribution is -0.111. The van der Waals surface area contributed by atoms with Crippen molar-refractivity contribution < 1.29 is 14.0 Å². The number of anilines is 2. The first kappa shape index (κ1) is 22.4. The van der Waals surface area contributed by atoms with Gasteiger partial charge in [-0.1, -0.05) is 41.4 Å². The molecule has 0 aliphatic rings. The number of nitrogens with one attached hydrogen (secondary N) is 2. The molecule has 2 N–H and O–H groups in total. The topological polar surface area (TPSA) is 71.3 Å². The molecule has 2 amide bonds. The highest BCUT2D eigenvalue weighted by Gasteiger charge is 2.07. The molecule has 0 spiro atoms. The number of carbonyl (C=O) groups excluding carboxylic acids is 2. The molecule has 33 heavy (non-hydrogen) atoms. The van der Waals surface area contributed by atoms with Gasteiger partial charge in [0, 0.05) is 38.6 Å². The Kier molecular flexibility index (Phi) is 6.93. The van der Waals surface area contributed by atoms with E-state index in [2.05, 4.69) is 10.6 Å². The maximum Gasteiger partial charge on any atom is 0.255 e. The smallest absolute Gasteiger partial charge is 0.255 e. The van der Waals surface area contributed by atoms with Gasteiger partial charge < -0.3 is 15.1 Å². The number of furan rings is 1. The summed E-state index contributed by atoms with van der Waals surface area (Å²) in [6.07, 6.45) is 2.94. The number of benzene rings is 3. The molecular formula is C26H18Cl2N2O3. The zero-order chi connectivity index (χ0) is 23.2. The molecule has 7 heteroatoms. The van der Waals surface area contributed by atoms with E-state index in [1.165, 1.54) is 6.08 Å². The minimum absolute atomic E-state index is 0.201. The van der Waals surface area contributed by atoms with E-state index in [-0.39, 0.29) is 11.8 Å². The minimum atomic E-state index is -0.320. The van der Waals surface area contributed by atoms with Crippen LogP contribution in [0.2, 0.25) is 10.0 Å². The molecule has 0 aliphatic heterocycles. The summed E-state index contributed by atoms with van der Waals surface area (Å²) in [4.78, 5) is 24.5. The second-order valence-electron chi connectivity index (χ2n) is 7.08. The van der Waals surface area contributed by atoms with Crippen LogP contribution in [-0.4, -0.2) is 11.8 Å². The van der Waals surface area contributed by atoms with Crippen molar-refractivity contribution >= 4 is 52.5 Å². The lowest BCUT2D eigenvalue weighted by Gasteiger charge is -2.07. The highest BCUT2D eigenvalue weighted by Crippen LogP contribution is 2.29. The molecule has 3 aromatic carbocycles. The van der Waals surface area contributed by atoms with E-state index in [9.17, 15) is 9.59 Å². The maximum atomic E-state index is 12.3. The van der Waals surface area contributed by atoms with E-state index in [1.54, 1.807) is 84.9 Å². The van der Waals surface area contributed by atoms with Gasteiger partial charge in [0.25, 0.3) is 5.91 Å². The lowest BCUT2D eigenvalue weighted by atomic mass is 10.2. The van der Waals surface area contributed by atoms with Crippen molar-refractivity contribution in [2.75, 3.05) is 10.6 Å². The van der Waals surface area contributed by atoms with Gasteiger partial charge in [-0.05, 0) is 72.8 Å². The van der Waals surface area contributed by atoms with Crippen molar-refractivity contribution in [3.8, 4) is 11.3 Å². The molecule has 0 bridgehead atoms. The van der Waals surface area contributed by atoms with Gasteiger partial charge in [-0.3, -0.25) is 9.59 Å². The standard InChI is InChI=1S/C26H18Cl2N2O3/c27-19-14-18(15-20(28)16-19)24-12-10-23(33-24)11-13-25(31)29-21-6-8-22(9-7-21)30-26(32)17-4-2-1-3-5-17/h1-16H,(H,29,31)(H,30,32)/b13-11+. The SMILES string of the molecule is O=C(/C=C/c1ccc(-c2cc(Cl)cc(Cl)c2)o1)Nc1ccc(NC(=O)c2ccccc2)cc1. The third-order valence-corrected chi connectivity index (χ3v) is 5.06. The van der Waals surface area contributed by atoms with E-state index in [0.717, 1.165) is 5.56 Å². The molecule has 0 unspecified atom stereocenters. The summed E-state index contributed by atoms with van der Waals surface area (Å²) in [6.45, 7) is 0. The summed E-state index contributed by atoms with van der Waals surface area (Å²) in [5.74, 6) is 0.579. The predicted octanol–water partition coefficient (Wildman–Crippen LogP) is 7.16. The van der Waals surface area contributed by atoms with Crippen LogP contribution in [0.5, 0.6) is 0 Å². The van der Waals surface area contributed by atoms with Crippen LogP contribution in [0.4, 0.5) is 11.4 Å². The first-order valence-electron chi connectivity index (χ1n) is 9.98. The molecule has 0 saturated heterocycles. The lowest BCUT2D eigenvalue weighted by Crippen LogP contribution is -2.12.